The van der Waals surface area contributed by atoms with Gasteiger partial charge in [-0.05, 0) is 55.7 Å². The molecule has 168 valence electrons. The van der Waals surface area contributed by atoms with Crippen LogP contribution in [0.15, 0.2) is 29.1 Å². The molecule has 2 aromatic rings. The van der Waals surface area contributed by atoms with Crippen molar-refractivity contribution in [3.8, 4) is 6.07 Å². The predicted molar refractivity (Wildman–Crippen MR) is 122 cm³/mol. The summed E-state index contributed by atoms with van der Waals surface area (Å²) in [4.78, 5) is 27.5. The summed E-state index contributed by atoms with van der Waals surface area (Å²) in [7, 11) is 1.83. The van der Waals surface area contributed by atoms with Crippen LogP contribution in [0.2, 0.25) is 0 Å². The van der Waals surface area contributed by atoms with Gasteiger partial charge >= 0.3 is 6.09 Å². The van der Waals surface area contributed by atoms with Gasteiger partial charge in [0.2, 0.25) is 5.91 Å². The fraction of sp³-hybridized carbons (Fsp3) is 0.458. The van der Waals surface area contributed by atoms with Gasteiger partial charge in [0, 0.05) is 29.6 Å². The first-order valence-corrected chi connectivity index (χ1v) is 11.8. The molecule has 1 unspecified atom stereocenters. The summed E-state index contributed by atoms with van der Waals surface area (Å²) >= 11 is 1.45. The highest BCUT2D eigenvalue weighted by molar-refractivity contribution is 7.16. The molecule has 4 rings (SSSR count). The van der Waals surface area contributed by atoms with Crippen molar-refractivity contribution < 1.29 is 18.7 Å². The van der Waals surface area contributed by atoms with E-state index >= 15 is 0 Å². The van der Waals surface area contributed by atoms with E-state index in [4.69, 9.17) is 9.15 Å². The average molecular weight is 454 g/mol. The van der Waals surface area contributed by atoms with Crippen molar-refractivity contribution in [2.45, 2.75) is 51.0 Å². The highest BCUT2D eigenvalue weighted by Gasteiger charge is 2.29. The van der Waals surface area contributed by atoms with Crippen LogP contribution in [0.3, 0.4) is 0 Å². The van der Waals surface area contributed by atoms with Gasteiger partial charge in [0.1, 0.15) is 11.1 Å². The van der Waals surface area contributed by atoms with Gasteiger partial charge in [0.25, 0.3) is 0 Å². The van der Waals surface area contributed by atoms with Crippen molar-refractivity contribution >= 4 is 34.4 Å². The Morgan fingerprint density at radius 3 is 2.91 bits per heavy atom. The first kappa shape index (κ1) is 22.2. The standard InChI is InChI=1S/C24H27N3O4S/c1-27(18-4-2-3-5-18)24(29)31-15-17-6-8-19-20(13-25)23(32-21(19)12-17)26-22(28)9-7-16-10-11-30-14-16/h7,9-11,14,17-18H,2-6,8,12,15H2,1H3,(H,26,28)/b9-7+. The van der Waals surface area contributed by atoms with Crippen LogP contribution >= 0.6 is 11.3 Å². The molecular weight excluding hydrogens is 426 g/mol. The summed E-state index contributed by atoms with van der Waals surface area (Å²) in [5, 5.41) is 13.1. The van der Waals surface area contributed by atoms with Crippen LogP contribution in [0.1, 0.15) is 53.7 Å². The summed E-state index contributed by atoms with van der Waals surface area (Å²) in [6, 6.07) is 4.31. The Hall–Kier alpha value is -3.05. The van der Waals surface area contributed by atoms with Crippen LogP contribution in [0.25, 0.3) is 6.08 Å². The topological polar surface area (TPSA) is 95.6 Å². The largest absolute Gasteiger partial charge is 0.472 e. The molecule has 32 heavy (non-hydrogen) atoms. The monoisotopic (exact) mass is 453 g/mol. The molecule has 2 heterocycles. The first-order valence-electron chi connectivity index (χ1n) is 11.0. The Morgan fingerprint density at radius 1 is 1.38 bits per heavy atom. The number of nitriles is 1. The van der Waals surface area contributed by atoms with Crippen molar-refractivity contribution in [3.63, 3.8) is 0 Å². The fourth-order valence-corrected chi connectivity index (χ4v) is 5.74. The minimum Gasteiger partial charge on any atom is -0.472 e. The van der Waals surface area contributed by atoms with E-state index in [2.05, 4.69) is 11.4 Å². The fourth-order valence-electron chi connectivity index (χ4n) is 4.43. The molecular formula is C24H27N3O4S. The Labute approximate surface area is 191 Å². The molecule has 0 spiro atoms. The van der Waals surface area contributed by atoms with Gasteiger partial charge < -0.3 is 19.4 Å². The minimum absolute atomic E-state index is 0.221. The molecule has 1 atom stereocenters. The van der Waals surface area contributed by atoms with E-state index in [0.29, 0.717) is 23.2 Å². The molecule has 0 saturated heterocycles. The van der Waals surface area contributed by atoms with Crippen LogP contribution in [0, 0.1) is 17.2 Å². The van der Waals surface area contributed by atoms with Gasteiger partial charge in [-0.2, -0.15) is 5.26 Å². The summed E-state index contributed by atoms with van der Waals surface area (Å²) in [6.45, 7) is 0.379. The second kappa shape index (κ2) is 10.0. The number of fused-ring (bicyclic) bond motifs is 1. The molecule has 1 saturated carbocycles. The molecule has 7 nitrogen and oxygen atoms in total. The van der Waals surface area contributed by atoms with E-state index in [9.17, 15) is 14.9 Å². The molecule has 2 aliphatic carbocycles. The summed E-state index contributed by atoms with van der Waals surface area (Å²) in [5.74, 6) is -0.0695. The third-order valence-electron chi connectivity index (χ3n) is 6.29. The number of hydrogen-bond donors (Lipinski definition) is 1. The molecule has 2 aliphatic rings. The van der Waals surface area contributed by atoms with E-state index in [0.717, 1.165) is 48.1 Å². The third-order valence-corrected chi connectivity index (χ3v) is 7.46. The van der Waals surface area contributed by atoms with Gasteiger partial charge in [-0.1, -0.05) is 12.8 Å². The van der Waals surface area contributed by atoms with Crippen LogP contribution in [-0.2, 0) is 22.4 Å². The number of carbonyl (C=O) groups is 2. The van der Waals surface area contributed by atoms with Crippen LogP contribution in [0.4, 0.5) is 9.80 Å². The number of hydrogen-bond acceptors (Lipinski definition) is 6. The van der Waals surface area contributed by atoms with E-state index in [1.54, 1.807) is 29.6 Å². The molecule has 0 aromatic carbocycles. The molecule has 1 fully saturated rings. The van der Waals surface area contributed by atoms with Crippen LogP contribution in [0.5, 0.6) is 0 Å². The molecule has 8 heteroatoms. The number of nitrogens with one attached hydrogen (secondary N) is 1. The number of carbonyl (C=O) groups excluding carboxylic acids is 2. The SMILES string of the molecule is CN(C(=O)OCC1CCc2c(sc(NC(=O)/C=C/c3ccoc3)c2C#N)C1)C1CCCC1. The van der Waals surface area contributed by atoms with Crippen molar-refractivity contribution in [3.05, 3.63) is 46.2 Å². The highest BCUT2D eigenvalue weighted by atomic mass is 32.1. The quantitative estimate of drug-likeness (QED) is 0.622. The maximum atomic E-state index is 12.4. The lowest BCUT2D eigenvalue weighted by Crippen LogP contribution is -2.36. The predicted octanol–water partition coefficient (Wildman–Crippen LogP) is 4.98. The lowest BCUT2D eigenvalue weighted by atomic mass is 9.88. The second-order valence-electron chi connectivity index (χ2n) is 8.43. The van der Waals surface area contributed by atoms with Crippen molar-refractivity contribution in [1.29, 1.82) is 5.26 Å². The number of thiophene rings is 1. The number of amides is 2. The van der Waals surface area contributed by atoms with Gasteiger partial charge in [-0.3, -0.25) is 4.79 Å². The lowest BCUT2D eigenvalue weighted by Gasteiger charge is -2.26. The normalized spacial score (nSPS) is 18.3. The molecule has 0 radical (unpaired) electrons. The number of nitrogens with zero attached hydrogens (tertiary/aromatic N) is 2. The summed E-state index contributed by atoms with van der Waals surface area (Å²) < 4.78 is 10.6. The number of anilines is 1. The Bertz CT molecular complexity index is 1030. The molecule has 0 aliphatic heterocycles. The van der Waals surface area contributed by atoms with Crippen molar-refractivity contribution in [2.24, 2.45) is 5.92 Å². The number of rotatable bonds is 6. The average Bonchev–Trinajstić information content (AvgIpc) is 3.56. The summed E-state index contributed by atoms with van der Waals surface area (Å²) in [5.41, 5.74) is 2.35. The van der Waals surface area contributed by atoms with Gasteiger partial charge in [-0.25, -0.2) is 4.79 Å². The lowest BCUT2D eigenvalue weighted by molar-refractivity contribution is -0.111. The maximum Gasteiger partial charge on any atom is 0.409 e. The van der Waals surface area contributed by atoms with Crippen LogP contribution in [-0.4, -0.2) is 36.6 Å². The smallest absolute Gasteiger partial charge is 0.409 e. The minimum atomic E-state index is -0.290. The second-order valence-corrected chi connectivity index (χ2v) is 9.54. The molecule has 2 aromatic heterocycles. The molecule has 1 N–H and O–H groups in total. The zero-order chi connectivity index (χ0) is 22.5. The maximum absolute atomic E-state index is 12.4. The Balaban J connectivity index is 1.35. The number of ether oxygens (including phenoxy) is 1. The summed E-state index contributed by atoms with van der Waals surface area (Å²) in [6.07, 6.45) is 12.7. The van der Waals surface area contributed by atoms with Gasteiger partial charge in [-0.15, -0.1) is 11.3 Å². The van der Waals surface area contributed by atoms with E-state index < -0.39 is 0 Å². The third kappa shape index (κ3) is 5.05. The van der Waals surface area contributed by atoms with E-state index in [1.807, 2.05) is 7.05 Å². The van der Waals surface area contributed by atoms with Gasteiger partial charge in [0.05, 0.1) is 24.7 Å². The number of furan rings is 1. The van der Waals surface area contributed by atoms with E-state index in [1.165, 1.54) is 30.3 Å². The van der Waals surface area contributed by atoms with Crippen molar-refractivity contribution in [1.82, 2.24) is 4.90 Å². The van der Waals surface area contributed by atoms with Crippen LogP contribution < -0.4 is 5.32 Å². The Morgan fingerprint density at radius 2 is 2.19 bits per heavy atom. The zero-order valence-electron chi connectivity index (χ0n) is 18.1. The van der Waals surface area contributed by atoms with E-state index in [-0.39, 0.29) is 17.9 Å². The molecule has 2 amide bonds. The molecule has 0 bridgehead atoms. The first-order chi connectivity index (χ1) is 15.5. The zero-order valence-corrected chi connectivity index (χ0v) is 19.0. The van der Waals surface area contributed by atoms with Gasteiger partial charge in [0.15, 0.2) is 0 Å². The van der Waals surface area contributed by atoms with Crippen molar-refractivity contribution in [2.75, 3.05) is 19.0 Å². The Kier molecular flexibility index (Phi) is 6.96. The highest BCUT2D eigenvalue weighted by Crippen LogP contribution is 2.39.